The van der Waals surface area contributed by atoms with E-state index in [2.05, 4.69) is 15.3 Å². The van der Waals surface area contributed by atoms with Gasteiger partial charge in [0.05, 0.1) is 12.6 Å². The zero-order valence-electron chi connectivity index (χ0n) is 16.9. The minimum absolute atomic E-state index is 0.0258. The first kappa shape index (κ1) is 19.6. The molecular weight excluding hydrogens is 358 g/mol. The summed E-state index contributed by atoms with van der Waals surface area (Å²) >= 11 is 0. The van der Waals surface area contributed by atoms with Gasteiger partial charge in [0.25, 0.3) is 0 Å². The Bertz CT molecular complexity index is 723. The van der Waals surface area contributed by atoms with Gasteiger partial charge in [-0.1, -0.05) is 12.8 Å². The number of nitrogens with one attached hydrogen (secondary N) is 1. The minimum atomic E-state index is 0.0258. The first-order valence-corrected chi connectivity index (χ1v) is 10.9. The zero-order chi connectivity index (χ0) is 19.5. The quantitative estimate of drug-likeness (QED) is 0.787. The van der Waals surface area contributed by atoms with Gasteiger partial charge in [-0.2, -0.15) is 5.10 Å². The van der Waals surface area contributed by atoms with Crippen LogP contribution in [0.25, 0.3) is 0 Å². The molecule has 0 radical (unpaired) electrons. The molecule has 1 aromatic heterocycles. The van der Waals surface area contributed by atoms with Crippen molar-refractivity contribution < 1.29 is 9.53 Å². The molecule has 3 aliphatic rings. The maximum Gasteiger partial charge on any atom is 0.345 e. The molecule has 28 heavy (non-hydrogen) atoms. The number of nitrogens with zero attached hydrogens (tertiary/aromatic N) is 4. The molecule has 1 unspecified atom stereocenters. The van der Waals surface area contributed by atoms with Crippen LogP contribution in [-0.2, 0) is 16.6 Å². The van der Waals surface area contributed by atoms with Crippen molar-refractivity contribution in [2.75, 3.05) is 32.8 Å². The number of ether oxygens (including phenoxy) is 1. The number of hydrogen-bond donors (Lipinski definition) is 1. The van der Waals surface area contributed by atoms with E-state index in [4.69, 9.17) is 4.74 Å². The molecule has 1 amide bonds. The molecule has 0 spiro atoms. The summed E-state index contributed by atoms with van der Waals surface area (Å²) in [6.07, 6.45) is 8.78. The molecule has 3 fully saturated rings. The van der Waals surface area contributed by atoms with Crippen molar-refractivity contribution in [3.8, 4) is 0 Å². The number of aryl methyl sites for hydroxylation is 1. The van der Waals surface area contributed by atoms with Gasteiger partial charge in [-0.15, -0.1) is 0 Å². The highest BCUT2D eigenvalue weighted by Crippen LogP contribution is 2.33. The van der Waals surface area contributed by atoms with Gasteiger partial charge in [-0.05, 0) is 51.6 Å². The van der Waals surface area contributed by atoms with Crippen LogP contribution in [0, 0.1) is 0 Å². The maximum atomic E-state index is 12.6. The number of rotatable bonds is 6. The second-order valence-corrected chi connectivity index (χ2v) is 8.56. The van der Waals surface area contributed by atoms with Crippen molar-refractivity contribution in [1.82, 2.24) is 24.6 Å². The van der Waals surface area contributed by atoms with E-state index in [1.54, 1.807) is 7.05 Å². The third-order valence-electron chi connectivity index (χ3n) is 6.54. The lowest BCUT2D eigenvalue weighted by molar-refractivity contribution is -0.123. The summed E-state index contributed by atoms with van der Waals surface area (Å²) in [6, 6.07) is 0.317. The number of aromatic nitrogens is 3. The Morgan fingerprint density at radius 2 is 1.89 bits per heavy atom. The summed E-state index contributed by atoms with van der Waals surface area (Å²) in [4.78, 5) is 27.0. The standard InChI is InChI=1S/C20H33N5O3/c1-23-20(27)25(16-5-2-3-6-16)19(22-23)15-8-10-24(11-9-15)14-18(26)21-13-17-7-4-12-28-17/h15-17H,2-14H2,1H3,(H,21,26). The monoisotopic (exact) mass is 391 g/mol. The van der Waals surface area contributed by atoms with Crippen LogP contribution in [0.2, 0.25) is 0 Å². The fraction of sp³-hybridized carbons (Fsp3) is 0.850. The van der Waals surface area contributed by atoms with Crippen LogP contribution in [0.3, 0.4) is 0 Å². The van der Waals surface area contributed by atoms with Crippen molar-refractivity contribution in [3.63, 3.8) is 0 Å². The van der Waals surface area contributed by atoms with Crippen LogP contribution in [0.5, 0.6) is 0 Å². The summed E-state index contributed by atoms with van der Waals surface area (Å²) in [5.74, 6) is 1.34. The molecule has 1 aromatic rings. The molecule has 1 atom stereocenters. The predicted octanol–water partition coefficient (Wildman–Crippen LogP) is 1.17. The first-order valence-electron chi connectivity index (χ1n) is 10.9. The van der Waals surface area contributed by atoms with Crippen LogP contribution in [0.15, 0.2) is 4.79 Å². The van der Waals surface area contributed by atoms with Gasteiger partial charge in [-0.3, -0.25) is 14.3 Å². The first-order chi connectivity index (χ1) is 13.6. The number of likely N-dealkylation sites (tertiary alicyclic amines) is 1. The van der Waals surface area contributed by atoms with Crippen LogP contribution in [0.4, 0.5) is 0 Å². The number of amides is 1. The molecule has 2 saturated heterocycles. The third kappa shape index (κ3) is 4.33. The Labute approximate surface area is 166 Å². The Morgan fingerprint density at radius 1 is 1.14 bits per heavy atom. The average molecular weight is 392 g/mol. The molecule has 3 heterocycles. The second kappa shape index (κ2) is 8.78. The number of piperidine rings is 1. The highest BCUT2D eigenvalue weighted by atomic mass is 16.5. The fourth-order valence-electron chi connectivity index (χ4n) is 4.92. The highest BCUT2D eigenvalue weighted by molar-refractivity contribution is 5.78. The summed E-state index contributed by atoms with van der Waals surface area (Å²) in [6.45, 7) is 3.61. The van der Waals surface area contributed by atoms with Gasteiger partial charge in [0.2, 0.25) is 5.91 Å². The maximum absolute atomic E-state index is 12.6. The zero-order valence-corrected chi connectivity index (χ0v) is 16.9. The molecule has 1 saturated carbocycles. The van der Waals surface area contributed by atoms with E-state index < -0.39 is 0 Å². The summed E-state index contributed by atoms with van der Waals surface area (Å²) in [5, 5.41) is 7.60. The Hall–Kier alpha value is -1.67. The minimum Gasteiger partial charge on any atom is -0.376 e. The lowest BCUT2D eigenvalue weighted by Crippen LogP contribution is -2.43. The average Bonchev–Trinajstić information content (AvgIpc) is 3.44. The van der Waals surface area contributed by atoms with Crippen molar-refractivity contribution in [2.24, 2.45) is 7.05 Å². The van der Waals surface area contributed by atoms with Gasteiger partial charge in [0.15, 0.2) is 0 Å². The fourth-order valence-corrected chi connectivity index (χ4v) is 4.92. The normalized spacial score (nSPS) is 24.8. The predicted molar refractivity (Wildman–Crippen MR) is 105 cm³/mol. The van der Waals surface area contributed by atoms with E-state index in [-0.39, 0.29) is 17.7 Å². The molecule has 8 heteroatoms. The second-order valence-electron chi connectivity index (χ2n) is 8.56. The van der Waals surface area contributed by atoms with Gasteiger partial charge >= 0.3 is 5.69 Å². The van der Waals surface area contributed by atoms with E-state index in [1.807, 2.05) is 4.57 Å². The summed E-state index contributed by atoms with van der Waals surface area (Å²) < 4.78 is 9.03. The summed E-state index contributed by atoms with van der Waals surface area (Å²) in [7, 11) is 1.75. The van der Waals surface area contributed by atoms with E-state index >= 15 is 0 Å². The van der Waals surface area contributed by atoms with Crippen LogP contribution in [0.1, 0.15) is 69.2 Å². The van der Waals surface area contributed by atoms with E-state index in [9.17, 15) is 9.59 Å². The Kier molecular flexibility index (Phi) is 6.16. The molecule has 156 valence electrons. The molecule has 1 aliphatic carbocycles. The van der Waals surface area contributed by atoms with Crippen LogP contribution >= 0.6 is 0 Å². The van der Waals surface area contributed by atoms with Gasteiger partial charge < -0.3 is 10.1 Å². The third-order valence-corrected chi connectivity index (χ3v) is 6.54. The smallest absolute Gasteiger partial charge is 0.345 e. The Balaban J connectivity index is 1.30. The lowest BCUT2D eigenvalue weighted by atomic mass is 9.95. The highest BCUT2D eigenvalue weighted by Gasteiger charge is 2.30. The topological polar surface area (TPSA) is 81.4 Å². The number of carbonyl (C=O) groups excluding carboxylic acids is 1. The van der Waals surface area contributed by atoms with Crippen molar-refractivity contribution in [2.45, 2.75) is 69.4 Å². The summed E-state index contributed by atoms with van der Waals surface area (Å²) in [5.41, 5.74) is 0.0258. The molecule has 8 nitrogen and oxygen atoms in total. The van der Waals surface area contributed by atoms with Crippen molar-refractivity contribution in [3.05, 3.63) is 16.3 Å². The van der Waals surface area contributed by atoms with Gasteiger partial charge in [-0.25, -0.2) is 9.48 Å². The van der Waals surface area contributed by atoms with E-state index in [0.29, 0.717) is 25.0 Å². The number of carbonyl (C=O) groups is 1. The lowest BCUT2D eigenvalue weighted by Gasteiger charge is -2.31. The van der Waals surface area contributed by atoms with Crippen molar-refractivity contribution >= 4 is 5.91 Å². The molecule has 4 rings (SSSR count). The molecule has 0 bridgehead atoms. The van der Waals surface area contributed by atoms with E-state index in [0.717, 1.165) is 64.0 Å². The molecule has 1 N–H and O–H groups in total. The number of hydrogen-bond acceptors (Lipinski definition) is 5. The Morgan fingerprint density at radius 3 is 2.57 bits per heavy atom. The molecule has 0 aromatic carbocycles. The largest absolute Gasteiger partial charge is 0.376 e. The molecule has 2 aliphatic heterocycles. The van der Waals surface area contributed by atoms with Gasteiger partial charge in [0, 0.05) is 32.2 Å². The SMILES string of the molecule is Cn1nc(C2CCN(CC(=O)NCC3CCCO3)CC2)n(C2CCCC2)c1=O. The van der Waals surface area contributed by atoms with E-state index in [1.165, 1.54) is 17.5 Å². The van der Waals surface area contributed by atoms with Crippen LogP contribution < -0.4 is 11.0 Å². The van der Waals surface area contributed by atoms with Crippen LogP contribution in [-0.4, -0.2) is 64.0 Å². The van der Waals surface area contributed by atoms with Gasteiger partial charge in [0.1, 0.15) is 5.82 Å². The molecular formula is C20H33N5O3. The van der Waals surface area contributed by atoms with Crippen molar-refractivity contribution in [1.29, 1.82) is 0 Å².